The molecule has 0 aliphatic heterocycles. The maximum Gasteiger partial charge on any atom is 0.0701 e. The van der Waals surface area contributed by atoms with Gasteiger partial charge < -0.3 is 14.2 Å². The van der Waals surface area contributed by atoms with Gasteiger partial charge in [0.25, 0.3) is 0 Å². The second kappa shape index (κ2) is 7.88. The highest BCUT2D eigenvalue weighted by Gasteiger charge is 1.84. The van der Waals surface area contributed by atoms with Crippen LogP contribution in [0.1, 0.15) is 19.2 Å². The summed E-state index contributed by atoms with van der Waals surface area (Å²) in [6.07, 6.45) is 0. The largest absolute Gasteiger partial charge is 0.382 e. The van der Waals surface area contributed by atoms with E-state index in [2.05, 4.69) is 14.2 Å². The summed E-state index contributed by atoms with van der Waals surface area (Å²) in [5.74, 6) is 0. The summed E-state index contributed by atoms with van der Waals surface area (Å²) < 4.78 is 110. The molecule has 0 heterocycles. The predicted molar refractivity (Wildman–Crippen MR) is 34.6 cm³/mol. The highest BCUT2D eigenvalue weighted by molar-refractivity contribution is 4.28. The molecule has 0 aliphatic carbocycles. The Bertz CT molecular complexity index is 370. The topological polar surface area (TPSA) is 27.7 Å². The van der Waals surface area contributed by atoms with Gasteiger partial charge in [-0.15, -0.1) is 0 Å². The lowest BCUT2D eigenvalue weighted by Gasteiger charge is -2.00. The third kappa shape index (κ3) is 7.88. The van der Waals surface area contributed by atoms with Crippen molar-refractivity contribution < 1.29 is 33.4 Å². The van der Waals surface area contributed by atoms with Gasteiger partial charge in [0.15, 0.2) is 0 Å². The van der Waals surface area contributed by atoms with Gasteiger partial charge in [-0.05, 0) is 0 Å². The minimum atomic E-state index is -3.81. The molecule has 0 N–H and O–H groups in total. The number of hydrogen-bond donors (Lipinski definition) is 0. The minimum Gasteiger partial charge on any atom is -0.382 e. The van der Waals surface area contributed by atoms with Crippen LogP contribution < -0.4 is 0 Å². The van der Waals surface area contributed by atoms with Crippen LogP contribution in [0, 0.1) is 0 Å². The van der Waals surface area contributed by atoms with Crippen molar-refractivity contribution in [3.63, 3.8) is 0 Å². The number of hydrogen-bond acceptors (Lipinski definition) is 3. The molecule has 0 saturated carbocycles. The lowest BCUT2D eigenvalue weighted by Crippen LogP contribution is -2.06. The summed E-state index contributed by atoms with van der Waals surface area (Å²) in [5.41, 5.74) is 0. The quantitative estimate of drug-likeness (QED) is 0.542. The van der Waals surface area contributed by atoms with Crippen molar-refractivity contribution in [2.45, 2.75) is 0 Å². The van der Waals surface area contributed by atoms with E-state index in [9.17, 15) is 0 Å². The molecule has 9 heavy (non-hydrogen) atoms. The van der Waals surface area contributed by atoms with Crippen LogP contribution >= 0.6 is 0 Å². The molecular weight excluding hydrogens is 120 g/mol. The van der Waals surface area contributed by atoms with Crippen LogP contribution in [0.4, 0.5) is 0 Å². The highest BCUT2D eigenvalue weighted by Crippen LogP contribution is 1.75. The molecule has 0 radical (unpaired) electrons. The Labute approximate surface area is 75.6 Å². The molecule has 0 rings (SSSR count). The maximum atomic E-state index is 7.27. The highest BCUT2D eigenvalue weighted by atomic mass is 16.5. The van der Waals surface area contributed by atoms with Crippen LogP contribution in [0.5, 0.6) is 0 Å². The van der Waals surface area contributed by atoms with E-state index in [0.29, 0.717) is 0 Å². The van der Waals surface area contributed by atoms with E-state index in [-0.39, 0.29) is 0 Å². The van der Waals surface area contributed by atoms with Crippen LogP contribution in [-0.2, 0) is 14.2 Å². The van der Waals surface area contributed by atoms with Crippen LogP contribution in [0.2, 0.25) is 0 Å². The van der Waals surface area contributed by atoms with Crippen molar-refractivity contribution in [3.05, 3.63) is 0 Å². The first-order valence-electron chi connectivity index (χ1n) is 8.72. The average Bonchev–Trinajstić information content (AvgIpc) is 2.05. The van der Waals surface area contributed by atoms with Crippen LogP contribution in [0.15, 0.2) is 0 Å². The Balaban J connectivity index is 5.41. The van der Waals surface area contributed by atoms with Crippen LogP contribution in [0.25, 0.3) is 0 Å². The van der Waals surface area contributed by atoms with Gasteiger partial charge in [0.2, 0.25) is 0 Å². The molecule has 0 fully saturated rings. The minimum absolute atomic E-state index is 3.40. The van der Waals surface area contributed by atoms with Crippen molar-refractivity contribution in [2.24, 2.45) is 0 Å². The molecule has 0 unspecified atom stereocenters. The van der Waals surface area contributed by atoms with Crippen molar-refractivity contribution >= 4 is 0 Å². The molecule has 0 atom stereocenters. The first-order chi connectivity index (χ1) is 9.62. The van der Waals surface area contributed by atoms with E-state index < -0.39 is 40.3 Å². The van der Waals surface area contributed by atoms with Gasteiger partial charge >= 0.3 is 0 Å². The molecule has 3 nitrogen and oxygen atoms in total. The average molecular weight is 148 g/mol. The fraction of sp³-hybridized carbons (Fsp3) is 1.00. The molecular formula is C6H14O3. The first kappa shape index (κ1) is 1.15. The molecule has 56 valence electrons. The molecule has 0 spiro atoms. The molecule has 0 saturated heterocycles. The standard InChI is InChI=1S/C6H14O3/c1-7-3-5-9-6-4-8-2/h3-6H2,1-2H3/i1D3,2D3,3D2,4D2,5D2,6D2. The van der Waals surface area contributed by atoms with Gasteiger partial charge in [0.1, 0.15) is 0 Å². The van der Waals surface area contributed by atoms with Gasteiger partial charge in [-0.2, -0.15) is 0 Å². The molecule has 0 aliphatic rings. The molecule has 0 bridgehead atoms. The Hall–Kier alpha value is -0.120. The lowest BCUT2D eigenvalue weighted by atomic mass is 10.7. The number of ether oxygens (including phenoxy) is 3. The van der Waals surface area contributed by atoms with Crippen molar-refractivity contribution in [1.82, 2.24) is 0 Å². The molecule has 3 heteroatoms. The first-order valence-corrected chi connectivity index (χ1v) is 1.72. The van der Waals surface area contributed by atoms with Gasteiger partial charge in [0, 0.05) is 14.1 Å². The number of rotatable bonds is 6. The van der Waals surface area contributed by atoms with Crippen LogP contribution in [0.3, 0.4) is 0 Å². The smallest absolute Gasteiger partial charge is 0.0701 e. The zero-order chi connectivity index (χ0) is 19.1. The Morgan fingerprint density at radius 1 is 1.11 bits per heavy atom. The summed E-state index contributed by atoms with van der Waals surface area (Å²) >= 11 is 0. The summed E-state index contributed by atoms with van der Waals surface area (Å²) in [6.45, 7) is -15.1. The van der Waals surface area contributed by atoms with Crippen molar-refractivity contribution in [2.75, 3.05) is 40.3 Å². The van der Waals surface area contributed by atoms with Crippen LogP contribution in [-0.4, -0.2) is 40.3 Å². The van der Waals surface area contributed by atoms with E-state index in [0.717, 1.165) is 0 Å². The van der Waals surface area contributed by atoms with Gasteiger partial charge in [0.05, 0.1) is 45.4 Å². The third-order valence-corrected chi connectivity index (χ3v) is 0.287. The van der Waals surface area contributed by atoms with E-state index >= 15 is 0 Å². The summed E-state index contributed by atoms with van der Waals surface area (Å²) in [4.78, 5) is 0. The summed E-state index contributed by atoms with van der Waals surface area (Å²) in [7, 11) is -6.80. The third-order valence-electron chi connectivity index (χ3n) is 0.287. The van der Waals surface area contributed by atoms with Crippen molar-refractivity contribution in [3.8, 4) is 0 Å². The fourth-order valence-corrected chi connectivity index (χ4v) is 0.109. The van der Waals surface area contributed by atoms with Gasteiger partial charge in [-0.1, -0.05) is 0 Å². The normalized spacial score (nSPS) is 42.2. The van der Waals surface area contributed by atoms with Crippen molar-refractivity contribution in [1.29, 1.82) is 0 Å². The maximum absolute atomic E-state index is 7.27. The van der Waals surface area contributed by atoms with Gasteiger partial charge in [-0.25, -0.2) is 0 Å². The second-order valence-corrected chi connectivity index (χ2v) is 0.714. The molecule has 0 aromatic heterocycles. The van der Waals surface area contributed by atoms with E-state index in [1.54, 1.807) is 0 Å². The summed E-state index contributed by atoms with van der Waals surface area (Å²) in [6, 6.07) is 0. The zero-order valence-corrected chi connectivity index (χ0v) is 4.22. The molecule has 0 aromatic rings. The zero-order valence-electron chi connectivity index (χ0n) is 18.2. The van der Waals surface area contributed by atoms with E-state index in [1.807, 2.05) is 0 Å². The Morgan fingerprint density at radius 3 is 2.11 bits per heavy atom. The monoisotopic (exact) mass is 148 g/mol. The van der Waals surface area contributed by atoms with E-state index in [1.165, 1.54) is 0 Å². The molecule has 0 amide bonds. The molecule has 0 aromatic carbocycles. The SMILES string of the molecule is [2H]C([2H])([2H])OC([2H])([2H])C([2H])([2H])OC([2H])([2H])C([2H])([2H])OC([2H])([2H])[2H]. The number of methoxy groups -OCH3 is 2. The Morgan fingerprint density at radius 2 is 1.67 bits per heavy atom. The van der Waals surface area contributed by atoms with Gasteiger partial charge in [-0.3, -0.25) is 0 Å². The predicted octanol–water partition coefficient (Wildman–Crippen LogP) is 0.296. The Kier molecular flexibility index (Phi) is 1.01. The summed E-state index contributed by atoms with van der Waals surface area (Å²) in [5, 5.41) is 0. The lowest BCUT2D eigenvalue weighted by molar-refractivity contribution is 0.0385. The fourth-order valence-electron chi connectivity index (χ4n) is 0.109. The van der Waals surface area contributed by atoms with E-state index in [4.69, 9.17) is 19.2 Å². The second-order valence-electron chi connectivity index (χ2n) is 0.714.